The summed E-state index contributed by atoms with van der Waals surface area (Å²) in [4.78, 5) is 6.79. The third-order valence-corrected chi connectivity index (χ3v) is 15.8. The quantitative estimate of drug-likeness (QED) is 0.154. The Morgan fingerprint density at radius 3 is 1.74 bits per heavy atom. The molecule has 0 saturated heterocycles. The minimum absolute atomic E-state index is 0.0110. The molecular formula is C69H66BN3. The van der Waals surface area contributed by atoms with Gasteiger partial charge in [0.25, 0.3) is 6.71 Å². The van der Waals surface area contributed by atoms with Crippen LogP contribution in [0.1, 0.15) is 111 Å². The van der Waals surface area contributed by atoms with Crippen molar-refractivity contribution in [2.75, 3.05) is 14.7 Å². The highest BCUT2D eigenvalue weighted by molar-refractivity contribution is 7.00. The van der Waals surface area contributed by atoms with Crippen LogP contribution in [0.3, 0.4) is 0 Å². The third-order valence-electron chi connectivity index (χ3n) is 15.8. The zero-order valence-electron chi connectivity index (χ0n) is 49.1. The average Bonchev–Trinajstić information content (AvgIpc) is 3.83. The Morgan fingerprint density at radius 2 is 1.04 bits per heavy atom. The van der Waals surface area contributed by atoms with E-state index in [9.17, 15) is 2.74 Å². The number of hydrogen-bond acceptors (Lipinski definition) is 3. The summed E-state index contributed by atoms with van der Waals surface area (Å²) in [5.41, 5.74) is 21.1. The molecule has 0 N–H and O–H groups in total. The topological polar surface area (TPSA) is 9.72 Å². The Bertz CT molecular complexity index is 3890. The van der Waals surface area contributed by atoms with Crippen molar-refractivity contribution in [3.8, 4) is 22.3 Å². The number of rotatable bonds is 6. The van der Waals surface area contributed by atoms with Crippen molar-refractivity contribution in [1.29, 1.82) is 0 Å². The van der Waals surface area contributed by atoms with E-state index in [2.05, 4.69) is 238 Å². The summed E-state index contributed by atoms with van der Waals surface area (Å²) in [6.07, 6.45) is 0. The number of anilines is 9. The van der Waals surface area contributed by atoms with Crippen molar-refractivity contribution in [3.63, 3.8) is 0 Å². The molecule has 4 heteroatoms. The predicted molar refractivity (Wildman–Crippen MR) is 314 cm³/mol. The van der Waals surface area contributed by atoms with Crippen LogP contribution in [0, 0.1) is 0 Å². The molecule has 3 aliphatic rings. The second-order valence-corrected chi connectivity index (χ2v) is 23.9. The van der Waals surface area contributed by atoms with E-state index in [4.69, 9.17) is 4.11 Å². The lowest BCUT2D eigenvalue weighted by atomic mass is 9.33. The summed E-state index contributed by atoms with van der Waals surface area (Å²) in [6.45, 7) is 24.6. The standard InChI is InChI=1S/C69H66BN3/c1-66(2,3)46-29-33-50(34-30-46)72-61-40-32-48(68(7,8)9)42-59(61)70-58-38-36-52(71(49-23-16-13-17-24-49)60-39-31-47(67(4,5)6)41-55(60)45-21-14-12-15-22-45)44-64(58)73(63-28-20-27-62(72)65(63)70)51-35-37-54-53-25-18-19-26-56(53)69(10,11)57(54)43-51/h12-44H,1-11H3/i13D,16D,17D,23D,24D. The summed E-state index contributed by atoms with van der Waals surface area (Å²) >= 11 is 0. The van der Waals surface area contributed by atoms with Crippen LogP contribution >= 0.6 is 0 Å². The number of hydrogen-bond donors (Lipinski definition) is 0. The van der Waals surface area contributed by atoms with Crippen molar-refractivity contribution in [2.24, 2.45) is 0 Å². The lowest BCUT2D eigenvalue weighted by Gasteiger charge is -2.45. The Balaban J connectivity index is 1.18. The summed E-state index contributed by atoms with van der Waals surface area (Å²) in [6, 6.07) is 59.9. The van der Waals surface area contributed by atoms with E-state index in [-0.39, 0.29) is 46.1 Å². The van der Waals surface area contributed by atoms with Gasteiger partial charge in [0.05, 0.1) is 12.5 Å². The van der Waals surface area contributed by atoms with E-state index >= 15 is 0 Å². The number of benzene rings is 9. The highest BCUT2D eigenvalue weighted by Crippen LogP contribution is 2.53. The van der Waals surface area contributed by atoms with Gasteiger partial charge < -0.3 is 14.7 Å². The lowest BCUT2D eigenvalue weighted by Crippen LogP contribution is -2.61. The molecule has 0 amide bonds. The Kier molecular flexibility index (Phi) is 9.40. The molecule has 0 atom stereocenters. The largest absolute Gasteiger partial charge is 0.311 e. The molecule has 360 valence electrons. The fraction of sp³-hybridized carbons (Fsp3) is 0.217. The minimum atomic E-state index is -0.435. The van der Waals surface area contributed by atoms with Gasteiger partial charge in [0.2, 0.25) is 0 Å². The highest BCUT2D eigenvalue weighted by atomic mass is 15.2. The number of para-hydroxylation sites is 1. The molecular weight excluding hydrogens is 882 g/mol. The van der Waals surface area contributed by atoms with Gasteiger partial charge in [0, 0.05) is 56.5 Å². The summed E-state index contributed by atoms with van der Waals surface area (Å²) in [7, 11) is 0. The minimum Gasteiger partial charge on any atom is -0.311 e. The van der Waals surface area contributed by atoms with E-state index in [0.29, 0.717) is 11.4 Å². The Hall–Kier alpha value is -7.56. The van der Waals surface area contributed by atoms with Crippen LogP contribution < -0.4 is 31.1 Å². The van der Waals surface area contributed by atoms with Crippen LogP contribution in [-0.4, -0.2) is 6.71 Å². The molecule has 1 aliphatic carbocycles. The monoisotopic (exact) mass is 953 g/mol. The molecule has 2 heterocycles. The van der Waals surface area contributed by atoms with E-state index in [0.717, 1.165) is 56.3 Å². The SMILES string of the molecule is [2H]c1c([2H])c([2H])c(N(c2ccc3c(c2)N(c2ccc4c(c2)C(C)(C)c2ccccc2-4)c2cccc4c2B3c2cc(C(C)(C)C)ccc2N4c2ccc(C(C)(C)C)cc2)c2ccc(C(C)(C)C)cc2-c2ccccc2)c([2H])c1[2H]. The maximum absolute atomic E-state index is 9.65. The van der Waals surface area contributed by atoms with Crippen LogP contribution in [0.25, 0.3) is 22.3 Å². The summed E-state index contributed by atoms with van der Waals surface area (Å²) in [5, 5.41) is 0. The van der Waals surface area contributed by atoms with E-state index in [1.807, 2.05) is 23.1 Å². The van der Waals surface area contributed by atoms with Gasteiger partial charge in [-0.3, -0.25) is 0 Å². The molecule has 0 aromatic heterocycles. The van der Waals surface area contributed by atoms with Crippen molar-refractivity contribution < 1.29 is 6.85 Å². The first-order valence-corrected chi connectivity index (χ1v) is 25.9. The fourth-order valence-electron chi connectivity index (χ4n) is 11.8. The molecule has 9 aromatic carbocycles. The summed E-state index contributed by atoms with van der Waals surface area (Å²) in [5.74, 6) is 0. The van der Waals surface area contributed by atoms with Crippen molar-refractivity contribution in [1.82, 2.24) is 0 Å². The molecule has 2 aliphatic heterocycles. The molecule has 0 saturated carbocycles. The predicted octanol–water partition coefficient (Wildman–Crippen LogP) is 17.1. The van der Waals surface area contributed by atoms with Gasteiger partial charge in [-0.25, -0.2) is 0 Å². The van der Waals surface area contributed by atoms with Crippen LogP contribution in [0.2, 0.25) is 0 Å². The van der Waals surface area contributed by atoms with E-state index < -0.39 is 18.1 Å². The summed E-state index contributed by atoms with van der Waals surface area (Å²) < 4.78 is 46.2. The first kappa shape index (κ1) is 41.0. The molecule has 0 radical (unpaired) electrons. The second kappa shape index (κ2) is 16.8. The average molecular weight is 953 g/mol. The number of nitrogens with zero attached hydrogens (tertiary/aromatic N) is 3. The molecule has 73 heavy (non-hydrogen) atoms. The van der Waals surface area contributed by atoms with Crippen molar-refractivity contribution >= 4 is 74.3 Å². The zero-order valence-corrected chi connectivity index (χ0v) is 44.1. The molecule has 9 aromatic rings. The molecule has 3 nitrogen and oxygen atoms in total. The molecule has 0 spiro atoms. The molecule has 0 bridgehead atoms. The van der Waals surface area contributed by atoms with Gasteiger partial charge in [0.1, 0.15) is 0 Å². The van der Waals surface area contributed by atoms with Crippen LogP contribution in [0.4, 0.5) is 51.2 Å². The molecule has 0 unspecified atom stereocenters. The molecule has 0 fully saturated rings. The fourth-order valence-corrected chi connectivity index (χ4v) is 11.8. The maximum Gasteiger partial charge on any atom is 0.252 e. The van der Waals surface area contributed by atoms with Crippen LogP contribution in [-0.2, 0) is 21.7 Å². The first-order chi connectivity index (χ1) is 36.9. The van der Waals surface area contributed by atoms with E-state index in [1.54, 1.807) is 0 Å². The van der Waals surface area contributed by atoms with Crippen LogP contribution in [0.15, 0.2) is 200 Å². The normalized spacial score (nSPS) is 15.2. The van der Waals surface area contributed by atoms with Crippen LogP contribution in [0.5, 0.6) is 0 Å². The van der Waals surface area contributed by atoms with E-state index in [1.165, 1.54) is 44.3 Å². The molecule has 12 rings (SSSR count). The Morgan fingerprint density at radius 1 is 0.438 bits per heavy atom. The highest BCUT2D eigenvalue weighted by Gasteiger charge is 2.45. The third kappa shape index (κ3) is 7.63. The maximum atomic E-state index is 9.65. The van der Waals surface area contributed by atoms with Gasteiger partial charge in [-0.05, 0) is 156 Å². The van der Waals surface area contributed by atoms with Crippen molar-refractivity contribution in [2.45, 2.75) is 97.8 Å². The van der Waals surface area contributed by atoms with Gasteiger partial charge in [-0.1, -0.05) is 197 Å². The zero-order chi connectivity index (χ0) is 55.1. The van der Waals surface area contributed by atoms with Crippen molar-refractivity contribution in [3.05, 3.63) is 228 Å². The van der Waals surface area contributed by atoms with Gasteiger partial charge >= 0.3 is 0 Å². The second-order valence-electron chi connectivity index (χ2n) is 23.9. The Labute approximate surface area is 441 Å². The lowest BCUT2D eigenvalue weighted by molar-refractivity contribution is 0.590. The first-order valence-electron chi connectivity index (χ1n) is 28.4. The van der Waals surface area contributed by atoms with Gasteiger partial charge in [-0.2, -0.15) is 0 Å². The van der Waals surface area contributed by atoms with Gasteiger partial charge in [0.15, 0.2) is 0 Å². The number of fused-ring (bicyclic) bond motifs is 7. The smallest absolute Gasteiger partial charge is 0.252 e. The van der Waals surface area contributed by atoms with Gasteiger partial charge in [-0.15, -0.1) is 0 Å².